The standard InChI is InChI=1S/C15H17ClN2S/c1-3-17-9-12-7-11(2)15(18-10-12)19-14-6-4-5-13(16)8-14/h4-8,10,17H,3,9H2,1-2H3. The molecular weight excluding hydrogens is 276 g/mol. The van der Waals surface area contributed by atoms with Gasteiger partial charge in [-0.25, -0.2) is 4.98 Å². The number of rotatable bonds is 5. The second-order valence-corrected chi connectivity index (χ2v) is 5.80. The van der Waals surface area contributed by atoms with Gasteiger partial charge in [-0.2, -0.15) is 0 Å². The third-order valence-corrected chi connectivity index (χ3v) is 4.02. The van der Waals surface area contributed by atoms with E-state index in [9.17, 15) is 0 Å². The lowest BCUT2D eigenvalue weighted by Crippen LogP contribution is -2.12. The molecule has 0 aliphatic heterocycles. The fourth-order valence-electron chi connectivity index (χ4n) is 1.74. The van der Waals surface area contributed by atoms with Crippen molar-refractivity contribution in [3.8, 4) is 0 Å². The maximum Gasteiger partial charge on any atom is 0.104 e. The molecule has 0 fully saturated rings. The summed E-state index contributed by atoms with van der Waals surface area (Å²) in [5, 5.41) is 5.09. The summed E-state index contributed by atoms with van der Waals surface area (Å²) in [6.07, 6.45) is 1.93. The smallest absolute Gasteiger partial charge is 0.104 e. The number of halogens is 1. The Morgan fingerprint density at radius 3 is 2.84 bits per heavy atom. The van der Waals surface area contributed by atoms with Gasteiger partial charge in [-0.05, 0) is 42.8 Å². The molecule has 0 aliphatic rings. The first-order valence-corrected chi connectivity index (χ1v) is 7.48. The zero-order valence-corrected chi connectivity index (χ0v) is 12.7. The fourth-order valence-corrected chi connectivity index (χ4v) is 2.87. The first-order chi connectivity index (χ1) is 9.19. The third-order valence-electron chi connectivity index (χ3n) is 2.68. The van der Waals surface area contributed by atoms with Gasteiger partial charge >= 0.3 is 0 Å². The van der Waals surface area contributed by atoms with Crippen LogP contribution in [0.1, 0.15) is 18.1 Å². The van der Waals surface area contributed by atoms with Crippen molar-refractivity contribution in [2.24, 2.45) is 0 Å². The number of pyridine rings is 1. The Morgan fingerprint density at radius 2 is 2.16 bits per heavy atom. The predicted octanol–water partition coefficient (Wildman–Crippen LogP) is 4.30. The van der Waals surface area contributed by atoms with Crippen molar-refractivity contribution in [3.63, 3.8) is 0 Å². The highest BCUT2D eigenvalue weighted by Crippen LogP contribution is 2.30. The molecule has 0 amide bonds. The van der Waals surface area contributed by atoms with Crippen LogP contribution in [0.15, 0.2) is 46.5 Å². The summed E-state index contributed by atoms with van der Waals surface area (Å²) >= 11 is 7.64. The van der Waals surface area contributed by atoms with Crippen LogP contribution in [0.2, 0.25) is 5.02 Å². The van der Waals surface area contributed by atoms with Gasteiger partial charge in [-0.3, -0.25) is 0 Å². The average molecular weight is 293 g/mol. The summed E-state index contributed by atoms with van der Waals surface area (Å²) < 4.78 is 0. The minimum Gasteiger partial charge on any atom is -0.313 e. The molecule has 1 N–H and O–H groups in total. The molecule has 0 radical (unpaired) electrons. The van der Waals surface area contributed by atoms with Crippen LogP contribution in [0.5, 0.6) is 0 Å². The lowest BCUT2D eigenvalue weighted by atomic mass is 10.2. The highest BCUT2D eigenvalue weighted by Gasteiger charge is 2.04. The van der Waals surface area contributed by atoms with Crippen LogP contribution in [0.3, 0.4) is 0 Å². The van der Waals surface area contributed by atoms with E-state index in [1.54, 1.807) is 11.8 Å². The minimum absolute atomic E-state index is 0.756. The maximum absolute atomic E-state index is 5.99. The van der Waals surface area contributed by atoms with Crippen molar-refractivity contribution in [1.82, 2.24) is 10.3 Å². The van der Waals surface area contributed by atoms with E-state index in [1.165, 1.54) is 11.1 Å². The zero-order chi connectivity index (χ0) is 13.7. The van der Waals surface area contributed by atoms with E-state index in [0.29, 0.717) is 0 Å². The monoisotopic (exact) mass is 292 g/mol. The largest absolute Gasteiger partial charge is 0.313 e. The molecule has 2 rings (SSSR count). The molecule has 0 aliphatic carbocycles. The van der Waals surface area contributed by atoms with E-state index < -0.39 is 0 Å². The maximum atomic E-state index is 5.99. The number of benzene rings is 1. The van der Waals surface area contributed by atoms with Crippen molar-refractivity contribution in [1.29, 1.82) is 0 Å². The topological polar surface area (TPSA) is 24.9 Å². The summed E-state index contributed by atoms with van der Waals surface area (Å²) in [6, 6.07) is 10.0. The van der Waals surface area contributed by atoms with Crippen LogP contribution in [-0.2, 0) is 6.54 Å². The lowest BCUT2D eigenvalue weighted by Gasteiger charge is -2.08. The van der Waals surface area contributed by atoms with Crippen molar-refractivity contribution in [3.05, 3.63) is 52.7 Å². The van der Waals surface area contributed by atoms with Gasteiger partial charge in [-0.1, -0.05) is 42.4 Å². The van der Waals surface area contributed by atoms with Gasteiger partial charge in [0.1, 0.15) is 5.03 Å². The molecule has 0 saturated heterocycles. The Kier molecular flexibility index (Phi) is 5.25. The Labute approximate surface area is 123 Å². The molecule has 1 aromatic heterocycles. The molecule has 1 aromatic carbocycles. The van der Waals surface area contributed by atoms with E-state index in [2.05, 4.69) is 30.2 Å². The quantitative estimate of drug-likeness (QED) is 0.889. The van der Waals surface area contributed by atoms with Crippen molar-refractivity contribution >= 4 is 23.4 Å². The lowest BCUT2D eigenvalue weighted by molar-refractivity contribution is 0.721. The number of nitrogens with one attached hydrogen (secondary N) is 1. The van der Waals surface area contributed by atoms with E-state index in [1.807, 2.05) is 30.5 Å². The summed E-state index contributed by atoms with van der Waals surface area (Å²) in [5.41, 5.74) is 2.41. The van der Waals surface area contributed by atoms with Crippen molar-refractivity contribution < 1.29 is 0 Å². The molecular formula is C15H17ClN2S. The predicted molar refractivity (Wildman–Crippen MR) is 81.9 cm³/mol. The molecule has 0 atom stereocenters. The van der Waals surface area contributed by atoms with Gasteiger partial charge in [-0.15, -0.1) is 0 Å². The van der Waals surface area contributed by atoms with Crippen LogP contribution in [-0.4, -0.2) is 11.5 Å². The second kappa shape index (κ2) is 6.94. The van der Waals surface area contributed by atoms with Crippen LogP contribution < -0.4 is 5.32 Å². The first kappa shape index (κ1) is 14.4. The second-order valence-electron chi connectivity index (χ2n) is 4.31. The highest BCUT2D eigenvalue weighted by molar-refractivity contribution is 7.99. The molecule has 0 spiro atoms. The number of aromatic nitrogens is 1. The van der Waals surface area contributed by atoms with Crippen LogP contribution in [0.25, 0.3) is 0 Å². The van der Waals surface area contributed by atoms with Crippen LogP contribution in [0, 0.1) is 6.92 Å². The van der Waals surface area contributed by atoms with Crippen molar-refractivity contribution in [2.45, 2.75) is 30.3 Å². The molecule has 0 saturated carbocycles. The van der Waals surface area contributed by atoms with Gasteiger partial charge in [0.25, 0.3) is 0 Å². The molecule has 2 nitrogen and oxygen atoms in total. The molecule has 1 heterocycles. The van der Waals surface area contributed by atoms with Crippen LogP contribution >= 0.6 is 23.4 Å². The van der Waals surface area contributed by atoms with Crippen LogP contribution in [0.4, 0.5) is 0 Å². The Balaban J connectivity index is 2.13. The van der Waals surface area contributed by atoms with Crippen molar-refractivity contribution in [2.75, 3.05) is 6.54 Å². The van der Waals surface area contributed by atoms with E-state index in [-0.39, 0.29) is 0 Å². The molecule has 19 heavy (non-hydrogen) atoms. The number of aryl methyl sites for hydroxylation is 1. The summed E-state index contributed by atoms with van der Waals surface area (Å²) in [7, 11) is 0. The van der Waals surface area contributed by atoms with Gasteiger partial charge in [0, 0.05) is 22.7 Å². The third kappa shape index (κ3) is 4.23. The zero-order valence-electron chi connectivity index (χ0n) is 11.1. The molecule has 4 heteroatoms. The Bertz CT molecular complexity index is 558. The Hall–Kier alpha value is -1.03. The first-order valence-electron chi connectivity index (χ1n) is 6.28. The number of hydrogen-bond acceptors (Lipinski definition) is 3. The number of nitrogens with zero attached hydrogens (tertiary/aromatic N) is 1. The Morgan fingerprint density at radius 1 is 1.32 bits per heavy atom. The number of hydrogen-bond donors (Lipinski definition) is 1. The average Bonchev–Trinajstić information content (AvgIpc) is 2.39. The van der Waals surface area contributed by atoms with Gasteiger partial charge in [0.15, 0.2) is 0 Å². The fraction of sp³-hybridized carbons (Fsp3) is 0.267. The summed E-state index contributed by atoms with van der Waals surface area (Å²) in [6.45, 7) is 6.03. The SMILES string of the molecule is CCNCc1cnc(Sc2cccc(Cl)c2)c(C)c1. The molecule has 0 bridgehead atoms. The van der Waals surface area contributed by atoms with Gasteiger partial charge in [0.2, 0.25) is 0 Å². The molecule has 100 valence electrons. The minimum atomic E-state index is 0.756. The van der Waals surface area contributed by atoms with E-state index >= 15 is 0 Å². The molecule has 0 unspecified atom stereocenters. The van der Waals surface area contributed by atoms with Gasteiger partial charge in [0.05, 0.1) is 0 Å². The van der Waals surface area contributed by atoms with Gasteiger partial charge < -0.3 is 5.32 Å². The highest BCUT2D eigenvalue weighted by atomic mass is 35.5. The normalized spacial score (nSPS) is 10.7. The molecule has 2 aromatic rings. The van der Waals surface area contributed by atoms with E-state index in [0.717, 1.165) is 28.0 Å². The summed E-state index contributed by atoms with van der Waals surface area (Å²) in [4.78, 5) is 5.65. The summed E-state index contributed by atoms with van der Waals surface area (Å²) in [5.74, 6) is 0. The van der Waals surface area contributed by atoms with E-state index in [4.69, 9.17) is 11.6 Å².